The molecule has 1 aliphatic heterocycles. The molecule has 0 radical (unpaired) electrons. The van der Waals surface area contributed by atoms with Crippen molar-refractivity contribution in [2.75, 3.05) is 16.5 Å². The Balaban J connectivity index is 1.31. The predicted molar refractivity (Wildman–Crippen MR) is 176 cm³/mol. The molecule has 0 atom stereocenters. The van der Waals surface area contributed by atoms with Crippen LogP contribution in [-0.2, 0) is 0 Å². The molecular weight excluding hydrogens is 528 g/mol. The van der Waals surface area contributed by atoms with E-state index in [9.17, 15) is 0 Å². The molecule has 0 bridgehead atoms. The lowest BCUT2D eigenvalue weighted by molar-refractivity contribution is 0.420. The quantitative estimate of drug-likeness (QED) is 0.205. The van der Waals surface area contributed by atoms with Crippen LogP contribution < -0.4 is 14.5 Å². The van der Waals surface area contributed by atoms with E-state index in [-0.39, 0.29) is 0 Å². The number of pyridine rings is 2. The summed E-state index contributed by atoms with van der Waals surface area (Å²) in [5.41, 5.74) is 11.6. The first-order valence-corrected chi connectivity index (χ1v) is 15.5. The third-order valence-corrected chi connectivity index (χ3v) is 8.85. The summed E-state index contributed by atoms with van der Waals surface area (Å²) in [6.07, 6.45) is 10.1. The zero-order valence-electron chi connectivity index (χ0n) is 25.3. The van der Waals surface area contributed by atoms with Crippen molar-refractivity contribution in [2.24, 2.45) is 0 Å². The summed E-state index contributed by atoms with van der Waals surface area (Å²) in [5, 5.41) is 0. The number of hydrogen-bond acceptors (Lipinski definition) is 5. The molecule has 1 fully saturated rings. The molecule has 5 nitrogen and oxygen atoms in total. The van der Waals surface area contributed by atoms with E-state index in [1.807, 2.05) is 30.3 Å². The van der Waals surface area contributed by atoms with E-state index in [0.29, 0.717) is 6.04 Å². The first-order chi connectivity index (χ1) is 21.0. The fraction of sp³-hybridized carbons (Fsp3) is 0.263. The fourth-order valence-corrected chi connectivity index (χ4v) is 7.01. The highest BCUT2D eigenvalue weighted by molar-refractivity contribution is 5.85. The Bertz CT molecular complexity index is 1740. The molecule has 216 valence electrons. The molecule has 5 heteroatoms. The largest absolute Gasteiger partial charge is 0.457 e. The van der Waals surface area contributed by atoms with Gasteiger partial charge in [0.1, 0.15) is 11.5 Å². The monoisotopic (exact) mass is 566 g/mol. The molecule has 5 aromatic rings. The second-order valence-corrected chi connectivity index (χ2v) is 12.0. The number of rotatable bonds is 6. The molecule has 0 saturated heterocycles. The second kappa shape index (κ2) is 11.6. The Labute approximate surface area is 254 Å². The number of aromatic nitrogens is 2. The smallest absolute Gasteiger partial charge is 0.131 e. The normalized spacial score (nSPS) is 15.0. The first kappa shape index (κ1) is 27.2. The van der Waals surface area contributed by atoms with E-state index in [1.54, 1.807) is 12.4 Å². The van der Waals surface area contributed by atoms with Crippen molar-refractivity contribution in [3.8, 4) is 34.0 Å². The molecule has 0 amide bonds. The standard InChI is InChI=1S/C38H38N4O/c1-26-19-27(2)38(28(3)20-26)29-21-31(42-25-41(30-11-5-4-6-12-30)36-14-7-8-15-37(36)42)23-33(22-29)43-32-16-18-40-35(24-32)34-13-9-10-17-39-34/h7-10,13-24,30H,4-6,11-12,25H2,1-3H3. The van der Waals surface area contributed by atoms with E-state index in [1.165, 1.54) is 65.7 Å². The third kappa shape index (κ3) is 5.48. The van der Waals surface area contributed by atoms with Gasteiger partial charge in [-0.15, -0.1) is 0 Å². The van der Waals surface area contributed by atoms with Crippen molar-refractivity contribution in [1.82, 2.24) is 9.97 Å². The summed E-state index contributed by atoms with van der Waals surface area (Å²) >= 11 is 0. The highest BCUT2D eigenvalue weighted by Crippen LogP contribution is 2.46. The molecule has 3 aromatic carbocycles. The van der Waals surface area contributed by atoms with Crippen molar-refractivity contribution < 1.29 is 4.74 Å². The Morgan fingerprint density at radius 2 is 1.42 bits per heavy atom. The van der Waals surface area contributed by atoms with Crippen LogP contribution in [0.5, 0.6) is 11.5 Å². The highest BCUT2D eigenvalue weighted by Gasteiger charge is 2.32. The first-order valence-electron chi connectivity index (χ1n) is 15.5. The number of hydrogen-bond donors (Lipinski definition) is 0. The molecule has 2 aliphatic rings. The van der Waals surface area contributed by atoms with Crippen LogP contribution in [0.15, 0.2) is 97.3 Å². The molecule has 3 heterocycles. The number of benzene rings is 3. The van der Waals surface area contributed by atoms with Crippen molar-refractivity contribution in [3.63, 3.8) is 0 Å². The van der Waals surface area contributed by atoms with Crippen molar-refractivity contribution >= 4 is 17.1 Å². The maximum atomic E-state index is 6.63. The SMILES string of the molecule is Cc1cc(C)c(-c2cc(Oc3ccnc(-c4ccccn4)c3)cc(N3CN(C4CCCCC4)c4ccccc43)c2)c(C)c1. The Hall–Kier alpha value is -4.64. The van der Waals surface area contributed by atoms with Crippen LogP contribution >= 0.6 is 0 Å². The average Bonchev–Trinajstić information content (AvgIpc) is 3.41. The lowest BCUT2D eigenvalue weighted by Gasteiger charge is -2.33. The topological polar surface area (TPSA) is 41.5 Å². The fourth-order valence-electron chi connectivity index (χ4n) is 7.01. The van der Waals surface area contributed by atoms with Gasteiger partial charge < -0.3 is 14.5 Å². The van der Waals surface area contributed by atoms with Crippen LogP contribution in [0.1, 0.15) is 48.8 Å². The predicted octanol–water partition coefficient (Wildman–Crippen LogP) is 9.78. The van der Waals surface area contributed by atoms with Gasteiger partial charge in [0.15, 0.2) is 0 Å². The Kier molecular flexibility index (Phi) is 7.32. The Morgan fingerprint density at radius 1 is 0.674 bits per heavy atom. The van der Waals surface area contributed by atoms with Crippen LogP contribution in [-0.4, -0.2) is 22.7 Å². The third-order valence-electron chi connectivity index (χ3n) is 8.85. The zero-order valence-corrected chi connectivity index (χ0v) is 25.3. The zero-order chi connectivity index (χ0) is 29.3. The van der Waals surface area contributed by atoms with E-state index in [0.717, 1.165) is 40.8 Å². The molecule has 0 spiro atoms. The van der Waals surface area contributed by atoms with Gasteiger partial charge in [0.2, 0.25) is 0 Å². The Morgan fingerprint density at radius 3 is 2.19 bits per heavy atom. The van der Waals surface area contributed by atoms with Crippen molar-refractivity contribution in [2.45, 2.75) is 58.9 Å². The van der Waals surface area contributed by atoms with Gasteiger partial charge in [-0.25, -0.2) is 0 Å². The van der Waals surface area contributed by atoms with Crippen molar-refractivity contribution in [1.29, 1.82) is 0 Å². The van der Waals surface area contributed by atoms with E-state index in [2.05, 4.69) is 95.1 Å². The maximum Gasteiger partial charge on any atom is 0.131 e. The van der Waals surface area contributed by atoms with Crippen molar-refractivity contribution in [3.05, 3.63) is 114 Å². The number of para-hydroxylation sites is 2. The highest BCUT2D eigenvalue weighted by atomic mass is 16.5. The molecule has 1 aliphatic carbocycles. The lowest BCUT2D eigenvalue weighted by atomic mass is 9.93. The number of fused-ring (bicyclic) bond motifs is 1. The summed E-state index contributed by atoms with van der Waals surface area (Å²) in [6, 6.07) is 30.4. The van der Waals surface area contributed by atoms with Crippen LogP contribution in [0.2, 0.25) is 0 Å². The molecular formula is C38H38N4O. The van der Waals surface area contributed by atoms with Crippen LogP contribution in [0.4, 0.5) is 17.1 Å². The molecule has 43 heavy (non-hydrogen) atoms. The van der Waals surface area contributed by atoms with Gasteiger partial charge in [-0.05, 0) is 98.3 Å². The van der Waals surface area contributed by atoms with Gasteiger partial charge in [-0.1, -0.05) is 55.2 Å². The maximum absolute atomic E-state index is 6.63. The minimum Gasteiger partial charge on any atom is -0.457 e. The molecule has 0 unspecified atom stereocenters. The molecule has 0 N–H and O–H groups in total. The van der Waals surface area contributed by atoms with Gasteiger partial charge in [0.25, 0.3) is 0 Å². The molecule has 7 rings (SSSR count). The minimum absolute atomic E-state index is 0.585. The van der Waals surface area contributed by atoms with Crippen LogP contribution in [0, 0.1) is 20.8 Å². The summed E-state index contributed by atoms with van der Waals surface area (Å²) in [6.45, 7) is 7.43. The van der Waals surface area contributed by atoms with Gasteiger partial charge in [-0.2, -0.15) is 0 Å². The molecule has 2 aromatic heterocycles. The summed E-state index contributed by atoms with van der Waals surface area (Å²) in [5.74, 6) is 1.54. The number of aryl methyl sites for hydroxylation is 3. The minimum atomic E-state index is 0.585. The summed E-state index contributed by atoms with van der Waals surface area (Å²) < 4.78 is 6.63. The van der Waals surface area contributed by atoms with E-state index >= 15 is 0 Å². The summed E-state index contributed by atoms with van der Waals surface area (Å²) in [4.78, 5) is 14.1. The number of nitrogens with zero attached hydrogens (tertiary/aromatic N) is 4. The molecule has 1 saturated carbocycles. The number of anilines is 3. The van der Waals surface area contributed by atoms with Gasteiger partial charge in [-0.3, -0.25) is 9.97 Å². The second-order valence-electron chi connectivity index (χ2n) is 12.0. The summed E-state index contributed by atoms with van der Waals surface area (Å²) in [7, 11) is 0. The van der Waals surface area contributed by atoms with E-state index < -0.39 is 0 Å². The van der Waals surface area contributed by atoms with Gasteiger partial charge in [0.05, 0.1) is 29.4 Å². The lowest BCUT2D eigenvalue weighted by Crippen LogP contribution is -2.38. The number of ether oxygens (including phenoxy) is 1. The van der Waals surface area contributed by atoms with E-state index in [4.69, 9.17) is 4.74 Å². The van der Waals surface area contributed by atoms with Crippen LogP contribution in [0.25, 0.3) is 22.5 Å². The average molecular weight is 567 g/mol. The van der Waals surface area contributed by atoms with Crippen LogP contribution in [0.3, 0.4) is 0 Å². The van der Waals surface area contributed by atoms with Gasteiger partial charge in [0, 0.05) is 36.3 Å². The van der Waals surface area contributed by atoms with Gasteiger partial charge >= 0.3 is 0 Å².